The van der Waals surface area contributed by atoms with Crippen LogP contribution in [0.1, 0.15) is 10.4 Å². The number of nitrogens with zero attached hydrogens (tertiary/aromatic N) is 4. The Morgan fingerprint density at radius 3 is 2.26 bits per heavy atom. The second-order valence-corrected chi connectivity index (χ2v) is 6.75. The van der Waals surface area contributed by atoms with Gasteiger partial charge in [0.05, 0.1) is 18.4 Å². The molecule has 2 heterocycles. The fourth-order valence-corrected chi connectivity index (χ4v) is 2.97. The Morgan fingerprint density at radius 1 is 0.963 bits per heavy atom. The van der Waals surface area contributed by atoms with E-state index in [2.05, 4.69) is 10.1 Å². The molecule has 0 unspecified atom stereocenters. The minimum absolute atomic E-state index is 0.116. The van der Waals surface area contributed by atoms with Crippen LogP contribution < -0.4 is 5.56 Å². The monoisotopic (exact) mass is 398 g/mol. The number of fused-ring (bicyclic) bond motifs is 1. The molecule has 0 atom stereocenters. The maximum atomic E-state index is 12.7. The van der Waals surface area contributed by atoms with Gasteiger partial charge >= 0.3 is 0 Å². The number of carbonyl (C=O) groups excluding carboxylic acids is 1. The van der Waals surface area contributed by atoms with Gasteiger partial charge in [-0.15, -0.1) is 0 Å². The molecule has 8 heteroatoms. The van der Waals surface area contributed by atoms with Crippen LogP contribution in [0.2, 0.25) is 10.0 Å². The summed E-state index contributed by atoms with van der Waals surface area (Å²) in [6, 6.07) is 13.6. The first-order valence-electron chi connectivity index (χ1n) is 8.01. The summed E-state index contributed by atoms with van der Waals surface area (Å²) >= 11 is 11.7. The highest BCUT2D eigenvalue weighted by Gasteiger charge is 2.14. The number of benzene rings is 2. The van der Waals surface area contributed by atoms with Gasteiger partial charge in [0.1, 0.15) is 11.7 Å². The Bertz CT molecular complexity index is 1200. The minimum atomic E-state index is -0.331. The molecule has 0 radical (unpaired) electrons. The summed E-state index contributed by atoms with van der Waals surface area (Å²) in [7, 11) is 0. The van der Waals surface area contributed by atoms with Gasteiger partial charge in [0, 0.05) is 15.6 Å². The number of ketones is 1. The SMILES string of the molecule is O=C(Cn1cnc2c(cnn2-c2ccc(Cl)cc2)c1=O)c1ccc(Cl)cc1. The van der Waals surface area contributed by atoms with Gasteiger partial charge in [-0.05, 0) is 48.5 Å². The number of carbonyl (C=O) groups is 1. The Hall–Kier alpha value is -2.96. The molecule has 0 spiro atoms. The molecule has 4 rings (SSSR count). The molecule has 0 saturated heterocycles. The number of halogens is 2. The molecule has 0 saturated carbocycles. The third-order valence-electron chi connectivity index (χ3n) is 4.11. The van der Waals surface area contributed by atoms with E-state index >= 15 is 0 Å². The highest BCUT2D eigenvalue weighted by Crippen LogP contribution is 2.16. The molecule has 0 aliphatic carbocycles. The summed E-state index contributed by atoms with van der Waals surface area (Å²) in [6.07, 6.45) is 2.80. The normalized spacial score (nSPS) is 11.0. The van der Waals surface area contributed by atoms with E-state index in [-0.39, 0.29) is 17.9 Å². The summed E-state index contributed by atoms with van der Waals surface area (Å²) in [6.45, 7) is -0.116. The fraction of sp³-hybridized carbons (Fsp3) is 0.0526. The van der Waals surface area contributed by atoms with Crippen molar-refractivity contribution in [1.29, 1.82) is 0 Å². The van der Waals surface area contributed by atoms with Crippen LogP contribution in [0.15, 0.2) is 65.8 Å². The Balaban J connectivity index is 1.69. The molecule has 2 aromatic carbocycles. The Morgan fingerprint density at radius 2 is 1.59 bits per heavy atom. The lowest BCUT2D eigenvalue weighted by Gasteiger charge is -2.06. The second-order valence-electron chi connectivity index (χ2n) is 5.88. The van der Waals surface area contributed by atoms with Crippen molar-refractivity contribution in [2.75, 3.05) is 0 Å². The van der Waals surface area contributed by atoms with Crippen molar-refractivity contribution in [2.45, 2.75) is 6.54 Å². The molecule has 0 aliphatic heterocycles. The average molecular weight is 399 g/mol. The van der Waals surface area contributed by atoms with Crippen LogP contribution in [0.5, 0.6) is 0 Å². The molecule has 0 aliphatic rings. The van der Waals surface area contributed by atoms with Crippen LogP contribution in [0.25, 0.3) is 16.7 Å². The molecule has 0 amide bonds. The van der Waals surface area contributed by atoms with Crippen molar-refractivity contribution in [3.63, 3.8) is 0 Å². The van der Waals surface area contributed by atoms with Crippen molar-refractivity contribution in [1.82, 2.24) is 19.3 Å². The lowest BCUT2D eigenvalue weighted by Crippen LogP contribution is -2.24. The molecular weight excluding hydrogens is 387 g/mol. The van der Waals surface area contributed by atoms with E-state index < -0.39 is 0 Å². The van der Waals surface area contributed by atoms with Gasteiger partial charge in [0.25, 0.3) is 5.56 Å². The third-order valence-corrected chi connectivity index (χ3v) is 4.61. The summed E-state index contributed by atoms with van der Waals surface area (Å²) in [5.41, 5.74) is 1.29. The van der Waals surface area contributed by atoms with E-state index in [9.17, 15) is 9.59 Å². The van der Waals surface area contributed by atoms with E-state index in [1.54, 1.807) is 53.2 Å². The van der Waals surface area contributed by atoms with Crippen LogP contribution in [-0.4, -0.2) is 25.1 Å². The first-order chi connectivity index (χ1) is 13.0. The van der Waals surface area contributed by atoms with E-state index in [1.807, 2.05) is 0 Å². The Labute approximate surface area is 163 Å². The molecule has 0 bridgehead atoms. The summed E-state index contributed by atoms with van der Waals surface area (Å²) < 4.78 is 2.82. The molecular formula is C19H12Cl2N4O2. The maximum absolute atomic E-state index is 12.7. The fourth-order valence-electron chi connectivity index (χ4n) is 2.71. The molecule has 0 fully saturated rings. The molecule has 2 aromatic heterocycles. The lowest BCUT2D eigenvalue weighted by atomic mass is 10.1. The first kappa shape index (κ1) is 17.5. The van der Waals surface area contributed by atoms with Gasteiger partial charge in [-0.2, -0.15) is 5.10 Å². The zero-order valence-electron chi connectivity index (χ0n) is 13.8. The molecule has 6 nitrogen and oxygen atoms in total. The minimum Gasteiger partial charge on any atom is -0.292 e. The van der Waals surface area contributed by atoms with E-state index in [4.69, 9.17) is 23.2 Å². The van der Waals surface area contributed by atoms with Gasteiger partial charge in [-0.1, -0.05) is 23.2 Å². The number of aromatic nitrogens is 4. The van der Waals surface area contributed by atoms with Crippen molar-refractivity contribution < 1.29 is 4.79 Å². The predicted octanol–water partition coefficient (Wildman–Crippen LogP) is 3.77. The quantitative estimate of drug-likeness (QED) is 0.490. The summed E-state index contributed by atoms with van der Waals surface area (Å²) in [5.74, 6) is -0.208. The zero-order chi connectivity index (χ0) is 19.0. The van der Waals surface area contributed by atoms with Gasteiger partial charge in [0.2, 0.25) is 0 Å². The smallest absolute Gasteiger partial charge is 0.264 e. The topological polar surface area (TPSA) is 69.8 Å². The maximum Gasteiger partial charge on any atom is 0.264 e. The molecule has 0 N–H and O–H groups in total. The Kier molecular flexibility index (Phi) is 4.51. The molecule has 4 aromatic rings. The van der Waals surface area contributed by atoms with Crippen molar-refractivity contribution in [3.8, 4) is 5.69 Å². The number of rotatable bonds is 4. The van der Waals surface area contributed by atoms with Crippen molar-refractivity contribution >= 4 is 40.0 Å². The van der Waals surface area contributed by atoms with Gasteiger partial charge < -0.3 is 0 Å². The summed E-state index contributed by atoms with van der Waals surface area (Å²) in [5, 5.41) is 5.72. The molecule has 27 heavy (non-hydrogen) atoms. The van der Waals surface area contributed by atoms with Crippen LogP contribution in [0, 0.1) is 0 Å². The first-order valence-corrected chi connectivity index (χ1v) is 8.76. The third kappa shape index (κ3) is 3.37. The largest absolute Gasteiger partial charge is 0.292 e. The summed E-state index contributed by atoms with van der Waals surface area (Å²) in [4.78, 5) is 29.5. The van der Waals surface area contributed by atoms with Crippen LogP contribution in [-0.2, 0) is 6.54 Å². The standard InChI is InChI=1S/C19H12Cl2N4O2/c20-13-3-1-12(2-4-13)17(26)10-24-11-22-18-16(19(24)27)9-23-25(18)15-7-5-14(21)6-8-15/h1-9,11H,10H2. The van der Waals surface area contributed by atoms with Crippen LogP contribution in [0.3, 0.4) is 0 Å². The number of hydrogen-bond acceptors (Lipinski definition) is 4. The van der Waals surface area contributed by atoms with Crippen LogP contribution in [0.4, 0.5) is 0 Å². The van der Waals surface area contributed by atoms with Gasteiger partial charge in [0.15, 0.2) is 11.4 Å². The van der Waals surface area contributed by atoms with E-state index in [0.717, 1.165) is 5.69 Å². The second kappa shape index (κ2) is 6.98. The van der Waals surface area contributed by atoms with E-state index in [1.165, 1.54) is 17.1 Å². The zero-order valence-corrected chi connectivity index (χ0v) is 15.4. The highest BCUT2D eigenvalue weighted by atomic mass is 35.5. The van der Waals surface area contributed by atoms with Gasteiger partial charge in [-0.3, -0.25) is 14.2 Å². The molecule has 134 valence electrons. The number of Topliss-reactive ketones (excluding diaryl/α,β-unsaturated/α-hetero) is 1. The van der Waals surface area contributed by atoms with Crippen molar-refractivity contribution in [3.05, 3.63) is 87.0 Å². The average Bonchev–Trinajstić information content (AvgIpc) is 3.10. The van der Waals surface area contributed by atoms with Crippen LogP contribution >= 0.6 is 23.2 Å². The number of hydrogen-bond donors (Lipinski definition) is 0. The van der Waals surface area contributed by atoms with Gasteiger partial charge in [-0.25, -0.2) is 9.67 Å². The predicted molar refractivity (Wildman–Crippen MR) is 104 cm³/mol. The van der Waals surface area contributed by atoms with E-state index in [0.29, 0.717) is 26.6 Å². The lowest BCUT2D eigenvalue weighted by molar-refractivity contribution is 0.0970. The highest BCUT2D eigenvalue weighted by molar-refractivity contribution is 6.30. The van der Waals surface area contributed by atoms with Crippen molar-refractivity contribution in [2.24, 2.45) is 0 Å².